The van der Waals surface area contributed by atoms with Crippen LogP contribution in [0.25, 0.3) is 0 Å². The van der Waals surface area contributed by atoms with Gasteiger partial charge in [-0.3, -0.25) is 16.1 Å². The average Bonchev–Trinajstić information content (AvgIpc) is 1.86. The number of halogens is 1. The van der Waals surface area contributed by atoms with Gasteiger partial charge in [-0.15, -0.1) is 12.4 Å². The second-order valence-electron chi connectivity index (χ2n) is 2.19. The van der Waals surface area contributed by atoms with E-state index in [0.29, 0.717) is 0 Å². The van der Waals surface area contributed by atoms with Gasteiger partial charge in [-0.1, -0.05) is 13.3 Å². The molecular formula is C6H16AgClN5. The first-order chi connectivity index (χ1) is 5.16. The minimum atomic E-state index is -0.209. The van der Waals surface area contributed by atoms with E-state index in [1.807, 2.05) is 0 Å². The van der Waals surface area contributed by atoms with Gasteiger partial charge in [0, 0.05) is 28.9 Å². The number of hydrogen-bond donors (Lipinski definition) is 5. The van der Waals surface area contributed by atoms with Crippen molar-refractivity contribution < 1.29 is 22.4 Å². The molecule has 1 radical (unpaired) electrons. The van der Waals surface area contributed by atoms with Crippen LogP contribution < -0.4 is 16.4 Å². The second-order valence-corrected chi connectivity index (χ2v) is 2.19. The molecule has 0 bridgehead atoms. The van der Waals surface area contributed by atoms with Crippen LogP contribution in [0.4, 0.5) is 0 Å². The van der Waals surface area contributed by atoms with E-state index in [4.69, 9.17) is 16.6 Å². The molecule has 7 heteroatoms. The van der Waals surface area contributed by atoms with E-state index >= 15 is 0 Å². The maximum atomic E-state index is 7.15. The van der Waals surface area contributed by atoms with Gasteiger partial charge >= 0.3 is 0 Å². The van der Waals surface area contributed by atoms with Gasteiger partial charge in [-0.05, 0) is 6.42 Å². The Kier molecular flexibility index (Phi) is 16.8. The molecule has 0 heterocycles. The van der Waals surface area contributed by atoms with Crippen LogP contribution in [0.2, 0.25) is 0 Å². The third-order valence-electron chi connectivity index (χ3n) is 1.09. The van der Waals surface area contributed by atoms with E-state index in [-0.39, 0.29) is 46.7 Å². The number of rotatable bonds is 3. The topological polar surface area (TPSA) is 97.8 Å². The van der Waals surface area contributed by atoms with Gasteiger partial charge in [-0.2, -0.15) is 0 Å². The minimum Gasteiger partial charge on any atom is -0.370 e. The molecule has 0 aromatic carbocycles. The monoisotopic (exact) mass is 300 g/mol. The van der Waals surface area contributed by atoms with Crippen LogP contribution in [0.1, 0.15) is 19.8 Å². The molecule has 5 nitrogen and oxygen atoms in total. The van der Waals surface area contributed by atoms with Crippen molar-refractivity contribution in [3.8, 4) is 0 Å². The molecule has 0 fully saturated rings. The molecule has 0 rings (SSSR count). The Hall–Kier alpha value is -0.230. The Morgan fingerprint density at radius 1 is 1.38 bits per heavy atom. The minimum absolute atomic E-state index is 0. The molecule has 0 atom stereocenters. The first kappa shape index (κ1) is 18.5. The van der Waals surface area contributed by atoms with E-state index in [9.17, 15) is 0 Å². The van der Waals surface area contributed by atoms with Crippen molar-refractivity contribution in [3.05, 3.63) is 0 Å². The fourth-order valence-electron chi connectivity index (χ4n) is 0.569. The zero-order chi connectivity index (χ0) is 8.69. The van der Waals surface area contributed by atoms with E-state index < -0.39 is 0 Å². The Labute approximate surface area is 100 Å². The summed E-state index contributed by atoms with van der Waals surface area (Å²) < 4.78 is 0. The molecule has 0 saturated heterocycles. The van der Waals surface area contributed by atoms with Crippen LogP contribution in [0, 0.1) is 10.8 Å². The summed E-state index contributed by atoms with van der Waals surface area (Å²) in [7, 11) is 0. The standard InChI is InChI=1S/C6H15N5.Ag.ClH/c1-2-3-4-10-6(9)11-5(7)8;;/h2-4H2,1H3,(H6,7,8,9,10,11);;1H. The van der Waals surface area contributed by atoms with Crippen LogP contribution >= 0.6 is 12.4 Å². The molecule has 6 N–H and O–H groups in total. The summed E-state index contributed by atoms with van der Waals surface area (Å²) in [5.74, 6) is -0.120. The fraction of sp³-hybridized carbons (Fsp3) is 0.667. The van der Waals surface area contributed by atoms with Crippen LogP contribution in [0.15, 0.2) is 0 Å². The van der Waals surface area contributed by atoms with Crippen molar-refractivity contribution in [2.75, 3.05) is 6.54 Å². The van der Waals surface area contributed by atoms with Gasteiger partial charge in [-0.25, -0.2) is 0 Å². The van der Waals surface area contributed by atoms with Gasteiger partial charge in [0.25, 0.3) is 0 Å². The largest absolute Gasteiger partial charge is 0.370 e. The summed E-state index contributed by atoms with van der Waals surface area (Å²) in [6, 6.07) is 0. The van der Waals surface area contributed by atoms with E-state index in [2.05, 4.69) is 17.6 Å². The van der Waals surface area contributed by atoms with Crippen LogP contribution in [-0.2, 0) is 22.4 Å². The SMILES string of the molecule is CCCCNC(=N)NC(=N)N.Cl.[Ag]. The molecule has 0 aliphatic rings. The maximum Gasteiger partial charge on any atom is 0.195 e. The predicted molar refractivity (Wildman–Crippen MR) is 52.9 cm³/mol. The Morgan fingerprint density at radius 2 is 1.92 bits per heavy atom. The summed E-state index contributed by atoms with van der Waals surface area (Å²) in [5.41, 5.74) is 4.99. The van der Waals surface area contributed by atoms with Gasteiger partial charge in [0.05, 0.1) is 0 Å². The fourth-order valence-corrected chi connectivity index (χ4v) is 0.569. The maximum absolute atomic E-state index is 7.15. The van der Waals surface area contributed by atoms with Crippen LogP contribution in [0.5, 0.6) is 0 Å². The second kappa shape index (κ2) is 11.8. The molecule has 13 heavy (non-hydrogen) atoms. The molecular weight excluding hydrogens is 285 g/mol. The van der Waals surface area contributed by atoms with Crippen molar-refractivity contribution in [2.45, 2.75) is 19.8 Å². The molecule has 0 aromatic rings. The Morgan fingerprint density at radius 3 is 2.31 bits per heavy atom. The molecule has 0 saturated carbocycles. The molecule has 0 aliphatic carbocycles. The van der Waals surface area contributed by atoms with Crippen molar-refractivity contribution in [1.82, 2.24) is 10.6 Å². The third-order valence-corrected chi connectivity index (χ3v) is 1.09. The molecule has 0 aromatic heterocycles. The predicted octanol–water partition coefficient (Wildman–Crippen LogP) is 0.213. The van der Waals surface area contributed by atoms with Crippen LogP contribution in [-0.4, -0.2) is 18.5 Å². The summed E-state index contributed by atoms with van der Waals surface area (Å²) in [6.07, 6.45) is 2.10. The van der Waals surface area contributed by atoms with Crippen molar-refractivity contribution in [2.24, 2.45) is 5.73 Å². The summed E-state index contributed by atoms with van der Waals surface area (Å²) in [5, 5.41) is 19.0. The number of unbranched alkanes of at least 4 members (excludes halogenated alkanes) is 1. The van der Waals surface area contributed by atoms with Crippen molar-refractivity contribution in [1.29, 1.82) is 10.8 Å². The average molecular weight is 302 g/mol. The molecule has 0 amide bonds. The van der Waals surface area contributed by atoms with E-state index in [1.165, 1.54) is 0 Å². The quantitative estimate of drug-likeness (QED) is 0.223. The van der Waals surface area contributed by atoms with E-state index in [1.54, 1.807) is 0 Å². The normalized spacial score (nSPS) is 7.46. The number of hydrogen-bond acceptors (Lipinski definition) is 2. The molecule has 83 valence electrons. The zero-order valence-electron chi connectivity index (χ0n) is 7.41. The zero-order valence-corrected chi connectivity index (χ0v) is 9.71. The van der Waals surface area contributed by atoms with Gasteiger partial charge < -0.3 is 11.1 Å². The molecule has 0 unspecified atom stereocenters. The van der Waals surface area contributed by atoms with Gasteiger partial charge in [0.1, 0.15) is 0 Å². The molecule has 0 spiro atoms. The van der Waals surface area contributed by atoms with Crippen molar-refractivity contribution in [3.63, 3.8) is 0 Å². The number of guanidine groups is 2. The smallest absolute Gasteiger partial charge is 0.195 e. The van der Waals surface area contributed by atoms with Crippen molar-refractivity contribution >= 4 is 24.3 Å². The Balaban J connectivity index is -0.000000500. The summed E-state index contributed by atoms with van der Waals surface area (Å²) in [6.45, 7) is 2.82. The van der Waals surface area contributed by atoms with Crippen LogP contribution in [0.3, 0.4) is 0 Å². The third kappa shape index (κ3) is 14.6. The number of nitrogens with two attached hydrogens (primary N) is 1. The summed E-state index contributed by atoms with van der Waals surface area (Å²) in [4.78, 5) is 0. The van der Waals surface area contributed by atoms with Gasteiger partial charge in [0.15, 0.2) is 11.9 Å². The molecule has 0 aliphatic heterocycles. The summed E-state index contributed by atoms with van der Waals surface area (Å²) >= 11 is 0. The Bertz CT molecular complexity index is 152. The number of nitrogens with one attached hydrogen (secondary N) is 4. The first-order valence-electron chi connectivity index (χ1n) is 3.60. The van der Waals surface area contributed by atoms with Gasteiger partial charge in [0.2, 0.25) is 0 Å². The van der Waals surface area contributed by atoms with E-state index in [0.717, 1.165) is 19.4 Å². The first-order valence-corrected chi connectivity index (χ1v) is 3.60.